The molecule has 0 fully saturated rings. The van der Waals surface area contributed by atoms with Gasteiger partial charge < -0.3 is 14.6 Å². The first-order chi connectivity index (χ1) is 16.2. The minimum atomic E-state index is 0.0304. The number of ether oxygens (including phenoxy) is 1. The van der Waals surface area contributed by atoms with Gasteiger partial charge in [-0.3, -0.25) is 14.5 Å². The van der Waals surface area contributed by atoms with E-state index in [4.69, 9.17) is 21.4 Å². The van der Waals surface area contributed by atoms with Crippen LogP contribution in [-0.4, -0.2) is 35.1 Å². The summed E-state index contributed by atoms with van der Waals surface area (Å²) in [7, 11) is 1.87. The molecule has 0 radical (unpaired) electrons. The summed E-state index contributed by atoms with van der Waals surface area (Å²) in [6, 6.07) is 5.52. The molecule has 9 nitrogen and oxygen atoms in total. The third-order valence-corrected chi connectivity index (χ3v) is 6.50. The number of nitrogens with one attached hydrogen (secondary N) is 1. The van der Waals surface area contributed by atoms with Crippen molar-refractivity contribution in [3.8, 4) is 11.5 Å². The second-order valence-corrected chi connectivity index (χ2v) is 9.70. The van der Waals surface area contributed by atoms with Crippen molar-refractivity contribution in [3.63, 3.8) is 0 Å². The fraction of sp³-hybridized carbons (Fsp3) is 0.375. The standard InChI is InChI=1S/C24H26ClN7O2/c1-14(33)10-15-11-16(6-8-26-15)34-17-13-27-22-21(20(17)25)31(4)23(29-22)28-19-12-18-24(2,3)7-5-9-32(18)30-19/h6,8,11-13H,5,7,9-10H2,1-4H3,(H,27,28,29,30). The molecule has 0 saturated carbocycles. The van der Waals surface area contributed by atoms with E-state index in [0.717, 1.165) is 25.2 Å². The molecular formula is C24H26ClN7O2. The molecule has 1 N–H and O–H groups in total. The molecule has 4 aromatic heterocycles. The van der Waals surface area contributed by atoms with E-state index >= 15 is 0 Å². The number of nitrogens with zero attached hydrogens (tertiary/aromatic N) is 6. The van der Waals surface area contributed by atoms with Crippen LogP contribution in [0.4, 0.5) is 11.8 Å². The van der Waals surface area contributed by atoms with E-state index in [1.54, 1.807) is 24.5 Å². The number of hydrogen-bond acceptors (Lipinski definition) is 7. The number of halogens is 1. The van der Waals surface area contributed by atoms with Crippen LogP contribution in [0.25, 0.3) is 11.2 Å². The molecule has 10 heteroatoms. The van der Waals surface area contributed by atoms with Crippen molar-refractivity contribution in [3.05, 3.63) is 47.0 Å². The van der Waals surface area contributed by atoms with Crippen molar-refractivity contribution in [1.29, 1.82) is 0 Å². The lowest BCUT2D eigenvalue weighted by atomic mass is 9.82. The Morgan fingerprint density at radius 1 is 1.29 bits per heavy atom. The van der Waals surface area contributed by atoms with E-state index in [0.29, 0.717) is 39.3 Å². The molecule has 0 amide bonds. The summed E-state index contributed by atoms with van der Waals surface area (Å²) in [6.45, 7) is 6.93. The predicted octanol–water partition coefficient (Wildman–Crippen LogP) is 4.95. The van der Waals surface area contributed by atoms with Gasteiger partial charge in [-0.1, -0.05) is 25.4 Å². The van der Waals surface area contributed by atoms with Crippen LogP contribution in [0.1, 0.15) is 45.0 Å². The van der Waals surface area contributed by atoms with Crippen molar-refractivity contribution >= 4 is 40.3 Å². The van der Waals surface area contributed by atoms with Crippen LogP contribution in [0.5, 0.6) is 11.5 Å². The molecule has 0 bridgehead atoms. The number of rotatable bonds is 6. The molecule has 5 heterocycles. The Bertz CT molecular complexity index is 1410. The molecule has 0 aromatic carbocycles. The normalized spacial score (nSPS) is 14.7. The number of anilines is 2. The molecule has 0 saturated heterocycles. The number of carbonyl (C=O) groups excluding carboxylic acids is 1. The average Bonchev–Trinajstić information content (AvgIpc) is 3.32. The number of carbonyl (C=O) groups is 1. The quantitative estimate of drug-likeness (QED) is 0.417. The Morgan fingerprint density at radius 3 is 2.88 bits per heavy atom. The summed E-state index contributed by atoms with van der Waals surface area (Å²) >= 11 is 6.71. The van der Waals surface area contributed by atoms with E-state index in [9.17, 15) is 4.79 Å². The highest BCUT2D eigenvalue weighted by molar-refractivity contribution is 6.36. The van der Waals surface area contributed by atoms with Crippen LogP contribution in [0.2, 0.25) is 5.02 Å². The third-order valence-electron chi connectivity index (χ3n) is 6.14. The van der Waals surface area contributed by atoms with Crippen molar-refractivity contribution in [2.75, 3.05) is 5.32 Å². The molecule has 1 aliphatic heterocycles. The van der Waals surface area contributed by atoms with Gasteiger partial charge in [0.05, 0.1) is 11.9 Å². The first-order valence-corrected chi connectivity index (χ1v) is 11.6. The molecule has 4 aromatic rings. The lowest BCUT2D eigenvalue weighted by molar-refractivity contribution is -0.116. The maximum atomic E-state index is 11.4. The summed E-state index contributed by atoms with van der Waals surface area (Å²) in [5.74, 6) is 2.28. The van der Waals surface area contributed by atoms with Crippen molar-refractivity contribution in [1.82, 2.24) is 29.3 Å². The number of Topliss-reactive ketones (excluding diaryl/α,β-unsaturated/α-hetero) is 1. The largest absolute Gasteiger partial charge is 0.454 e. The van der Waals surface area contributed by atoms with Gasteiger partial charge in [0, 0.05) is 49.5 Å². The second-order valence-electron chi connectivity index (χ2n) is 9.32. The Morgan fingerprint density at radius 2 is 2.12 bits per heavy atom. The molecular weight excluding hydrogens is 454 g/mol. The monoisotopic (exact) mass is 479 g/mol. The Kier molecular flexibility index (Phi) is 5.51. The van der Waals surface area contributed by atoms with E-state index < -0.39 is 0 Å². The van der Waals surface area contributed by atoms with E-state index in [1.807, 2.05) is 11.6 Å². The Hall–Kier alpha value is -3.46. The van der Waals surface area contributed by atoms with E-state index in [1.165, 1.54) is 12.6 Å². The van der Waals surface area contributed by atoms with Crippen LogP contribution < -0.4 is 10.1 Å². The maximum Gasteiger partial charge on any atom is 0.210 e. The molecule has 0 spiro atoms. The molecule has 0 aliphatic carbocycles. The summed E-state index contributed by atoms with van der Waals surface area (Å²) in [5.41, 5.74) is 3.08. The molecule has 1 aliphatic rings. The van der Waals surface area contributed by atoms with Crippen molar-refractivity contribution < 1.29 is 9.53 Å². The zero-order valence-corrected chi connectivity index (χ0v) is 20.3. The van der Waals surface area contributed by atoms with Crippen LogP contribution in [0, 0.1) is 0 Å². The number of pyridine rings is 2. The minimum absolute atomic E-state index is 0.0304. The smallest absolute Gasteiger partial charge is 0.210 e. The number of aromatic nitrogens is 6. The minimum Gasteiger partial charge on any atom is -0.454 e. The lowest BCUT2D eigenvalue weighted by Crippen LogP contribution is -2.27. The van der Waals surface area contributed by atoms with Crippen LogP contribution in [-0.2, 0) is 30.2 Å². The molecule has 176 valence electrons. The summed E-state index contributed by atoms with van der Waals surface area (Å²) in [6.07, 6.45) is 5.65. The highest BCUT2D eigenvalue weighted by Crippen LogP contribution is 2.37. The fourth-order valence-electron chi connectivity index (χ4n) is 4.40. The first-order valence-electron chi connectivity index (χ1n) is 11.2. The van der Waals surface area contributed by atoms with Crippen LogP contribution in [0.15, 0.2) is 30.6 Å². The number of fused-ring (bicyclic) bond motifs is 2. The van der Waals surface area contributed by atoms with Crippen molar-refractivity contribution in [2.24, 2.45) is 7.05 Å². The van der Waals surface area contributed by atoms with Gasteiger partial charge in [0.15, 0.2) is 17.2 Å². The van der Waals surface area contributed by atoms with Gasteiger partial charge >= 0.3 is 0 Å². The summed E-state index contributed by atoms with van der Waals surface area (Å²) < 4.78 is 9.89. The van der Waals surface area contributed by atoms with Gasteiger partial charge in [-0.05, 0) is 25.8 Å². The van der Waals surface area contributed by atoms with Gasteiger partial charge in [0.25, 0.3) is 0 Å². The lowest BCUT2D eigenvalue weighted by Gasteiger charge is -2.30. The van der Waals surface area contributed by atoms with Crippen LogP contribution in [0.3, 0.4) is 0 Å². The molecule has 5 rings (SSSR count). The van der Waals surface area contributed by atoms with Crippen molar-refractivity contribution in [2.45, 2.75) is 52.0 Å². The highest BCUT2D eigenvalue weighted by Gasteiger charge is 2.29. The Balaban J connectivity index is 1.44. The van der Waals surface area contributed by atoms with Crippen LogP contribution >= 0.6 is 11.6 Å². The van der Waals surface area contributed by atoms with Gasteiger partial charge in [0.2, 0.25) is 5.95 Å². The number of ketones is 1. The molecule has 0 atom stereocenters. The van der Waals surface area contributed by atoms with Gasteiger partial charge in [-0.25, -0.2) is 4.98 Å². The predicted molar refractivity (Wildman–Crippen MR) is 130 cm³/mol. The topological polar surface area (TPSA) is 99.7 Å². The zero-order chi connectivity index (χ0) is 24.0. The van der Waals surface area contributed by atoms with Gasteiger partial charge in [-0.2, -0.15) is 10.1 Å². The SMILES string of the molecule is CC(=O)Cc1cc(Oc2cnc3nc(Nc4cc5n(n4)CCCC5(C)C)n(C)c3c2Cl)ccn1. The number of imidazole rings is 1. The van der Waals surface area contributed by atoms with Gasteiger partial charge in [-0.15, -0.1) is 0 Å². The zero-order valence-electron chi connectivity index (χ0n) is 19.6. The molecule has 0 unspecified atom stereocenters. The first kappa shape index (κ1) is 22.3. The maximum absolute atomic E-state index is 11.4. The highest BCUT2D eigenvalue weighted by atomic mass is 35.5. The third kappa shape index (κ3) is 4.11. The summed E-state index contributed by atoms with van der Waals surface area (Å²) in [5, 5.41) is 8.43. The second kappa shape index (κ2) is 8.39. The molecule has 34 heavy (non-hydrogen) atoms. The van der Waals surface area contributed by atoms with E-state index in [2.05, 4.69) is 44.9 Å². The average molecular weight is 480 g/mol. The van der Waals surface area contributed by atoms with Gasteiger partial charge in [0.1, 0.15) is 22.1 Å². The summed E-state index contributed by atoms with van der Waals surface area (Å²) in [4.78, 5) is 24.7. The fourth-order valence-corrected chi connectivity index (χ4v) is 4.70. The number of hydrogen-bond donors (Lipinski definition) is 1. The number of aryl methyl sites for hydroxylation is 2. The van der Waals surface area contributed by atoms with E-state index in [-0.39, 0.29) is 17.6 Å². The Labute approximate surface area is 202 Å².